The molecule has 1 aromatic rings. The third-order valence-corrected chi connectivity index (χ3v) is 4.96. The number of esters is 1. The van der Waals surface area contributed by atoms with Gasteiger partial charge in [0.2, 0.25) is 0 Å². The zero-order valence-electron chi connectivity index (χ0n) is 7.69. The molecule has 0 radical (unpaired) electrons. The molecule has 8 heteroatoms. The molecule has 5 nitrogen and oxygen atoms in total. The van der Waals surface area contributed by atoms with Gasteiger partial charge < -0.3 is 4.74 Å². The molecular weight excluding hydrogens is 306 g/mol. The second-order valence-electron chi connectivity index (χ2n) is 2.46. The van der Waals surface area contributed by atoms with Gasteiger partial charge in [-0.15, -0.1) is 11.3 Å². The highest BCUT2D eigenvalue weighted by Crippen LogP contribution is 2.25. The van der Waals surface area contributed by atoms with E-state index in [0.717, 1.165) is 11.3 Å². The van der Waals surface area contributed by atoms with E-state index in [1.165, 1.54) is 13.2 Å². The Labute approximate surface area is 99.6 Å². The Morgan fingerprint density at radius 3 is 2.73 bits per heavy atom. The number of halogens is 1. The van der Waals surface area contributed by atoms with Crippen molar-refractivity contribution in [3.63, 3.8) is 0 Å². The zero-order valence-corrected chi connectivity index (χ0v) is 10.9. The number of carbonyl (C=O) groups is 1. The van der Waals surface area contributed by atoms with E-state index in [-0.39, 0.29) is 10.8 Å². The maximum Gasteiger partial charge on any atom is 0.320 e. The fourth-order valence-electron chi connectivity index (χ4n) is 0.739. The summed E-state index contributed by atoms with van der Waals surface area (Å²) in [5.41, 5.74) is 0. The zero-order chi connectivity index (χ0) is 11.5. The Kier molecular flexibility index (Phi) is 4.26. The largest absolute Gasteiger partial charge is 0.468 e. The lowest BCUT2D eigenvalue weighted by molar-refractivity contribution is -0.139. The molecule has 0 aliphatic carbocycles. The van der Waals surface area contributed by atoms with E-state index in [1.54, 1.807) is 6.07 Å². The molecule has 84 valence electrons. The minimum Gasteiger partial charge on any atom is -0.468 e. The lowest BCUT2D eigenvalue weighted by atomic mass is 10.7. The first-order chi connectivity index (χ1) is 6.95. The molecular formula is C7H8BrNO4S2. The van der Waals surface area contributed by atoms with E-state index in [2.05, 4.69) is 25.4 Å². The summed E-state index contributed by atoms with van der Waals surface area (Å²) in [6.07, 6.45) is 0. The molecule has 0 atom stereocenters. The minimum absolute atomic E-state index is 0.151. The van der Waals surface area contributed by atoms with Gasteiger partial charge >= 0.3 is 5.97 Å². The first-order valence-electron chi connectivity index (χ1n) is 3.77. The first kappa shape index (κ1) is 12.6. The third-order valence-electron chi connectivity index (χ3n) is 1.45. The minimum atomic E-state index is -3.61. The van der Waals surface area contributed by atoms with Gasteiger partial charge in [-0.1, -0.05) is 0 Å². The Morgan fingerprint density at radius 1 is 1.60 bits per heavy atom. The van der Waals surface area contributed by atoms with Crippen molar-refractivity contribution >= 4 is 43.3 Å². The van der Waals surface area contributed by atoms with Crippen LogP contribution in [-0.2, 0) is 19.6 Å². The normalized spacial score (nSPS) is 11.3. The molecule has 0 aliphatic rings. The number of hydrogen-bond acceptors (Lipinski definition) is 5. The van der Waals surface area contributed by atoms with Gasteiger partial charge in [-0.3, -0.25) is 4.79 Å². The van der Waals surface area contributed by atoms with Crippen molar-refractivity contribution in [2.24, 2.45) is 0 Å². The summed E-state index contributed by atoms with van der Waals surface area (Å²) in [7, 11) is -2.41. The quantitative estimate of drug-likeness (QED) is 0.840. The van der Waals surface area contributed by atoms with Crippen LogP contribution < -0.4 is 4.72 Å². The van der Waals surface area contributed by atoms with E-state index >= 15 is 0 Å². The average Bonchev–Trinajstić information content (AvgIpc) is 2.62. The van der Waals surface area contributed by atoms with Crippen molar-refractivity contribution in [3.05, 3.63) is 15.9 Å². The number of nitrogens with one attached hydrogen (secondary N) is 1. The number of ether oxygens (including phenoxy) is 1. The lowest BCUT2D eigenvalue weighted by Gasteiger charge is -2.02. The van der Waals surface area contributed by atoms with Gasteiger partial charge in [-0.05, 0) is 28.1 Å². The molecule has 1 N–H and O–H groups in total. The van der Waals surface area contributed by atoms with E-state index in [4.69, 9.17) is 0 Å². The van der Waals surface area contributed by atoms with Gasteiger partial charge in [0.1, 0.15) is 10.8 Å². The van der Waals surface area contributed by atoms with Gasteiger partial charge in [0.25, 0.3) is 10.0 Å². The molecule has 0 aromatic carbocycles. The second-order valence-corrected chi connectivity index (χ2v) is 6.92. The Balaban J connectivity index is 2.72. The molecule has 0 saturated heterocycles. The van der Waals surface area contributed by atoms with E-state index in [1.807, 2.05) is 0 Å². The van der Waals surface area contributed by atoms with E-state index in [0.29, 0.717) is 3.79 Å². The number of thiophene rings is 1. The first-order valence-corrected chi connectivity index (χ1v) is 6.87. The van der Waals surface area contributed by atoms with Crippen molar-refractivity contribution in [1.29, 1.82) is 0 Å². The van der Waals surface area contributed by atoms with Crippen LogP contribution in [0.5, 0.6) is 0 Å². The maximum atomic E-state index is 11.5. The number of sulfonamides is 1. The van der Waals surface area contributed by atoms with E-state index < -0.39 is 16.0 Å². The van der Waals surface area contributed by atoms with Crippen LogP contribution in [0.4, 0.5) is 0 Å². The molecule has 0 spiro atoms. The molecule has 0 bridgehead atoms. The number of methoxy groups -OCH3 is 1. The molecule has 0 amide bonds. The number of carbonyl (C=O) groups excluding carboxylic acids is 1. The maximum absolute atomic E-state index is 11.5. The summed E-state index contributed by atoms with van der Waals surface area (Å²) in [5.74, 6) is -0.630. The van der Waals surface area contributed by atoms with Gasteiger partial charge in [-0.2, -0.15) is 4.72 Å². The van der Waals surface area contributed by atoms with Gasteiger partial charge in [0.05, 0.1) is 10.9 Å². The van der Waals surface area contributed by atoms with E-state index in [9.17, 15) is 13.2 Å². The molecule has 1 rings (SSSR count). The van der Waals surface area contributed by atoms with Gasteiger partial charge in [0.15, 0.2) is 0 Å². The van der Waals surface area contributed by atoms with Crippen molar-refractivity contribution in [2.75, 3.05) is 13.7 Å². The topological polar surface area (TPSA) is 72.5 Å². The van der Waals surface area contributed by atoms with Crippen LogP contribution in [0, 0.1) is 0 Å². The van der Waals surface area contributed by atoms with Crippen LogP contribution in [0.1, 0.15) is 0 Å². The van der Waals surface area contributed by atoms with Crippen LogP contribution in [-0.4, -0.2) is 28.0 Å². The van der Waals surface area contributed by atoms with Crippen LogP contribution in [0.15, 0.2) is 20.1 Å². The third kappa shape index (κ3) is 3.56. The van der Waals surface area contributed by atoms with Crippen LogP contribution in [0.25, 0.3) is 0 Å². The number of rotatable bonds is 4. The van der Waals surface area contributed by atoms with Crippen LogP contribution in [0.3, 0.4) is 0 Å². The molecule has 15 heavy (non-hydrogen) atoms. The lowest BCUT2D eigenvalue weighted by Crippen LogP contribution is -2.29. The van der Waals surface area contributed by atoms with Crippen molar-refractivity contribution in [1.82, 2.24) is 4.72 Å². The highest BCUT2D eigenvalue weighted by molar-refractivity contribution is 9.11. The highest BCUT2D eigenvalue weighted by atomic mass is 79.9. The smallest absolute Gasteiger partial charge is 0.320 e. The monoisotopic (exact) mass is 313 g/mol. The molecule has 0 fully saturated rings. The van der Waals surface area contributed by atoms with Crippen molar-refractivity contribution < 1.29 is 17.9 Å². The summed E-state index contributed by atoms with van der Waals surface area (Å²) < 4.78 is 30.4. The van der Waals surface area contributed by atoms with Crippen LogP contribution in [0.2, 0.25) is 0 Å². The average molecular weight is 314 g/mol. The number of hydrogen-bond donors (Lipinski definition) is 1. The Morgan fingerprint density at radius 2 is 2.27 bits per heavy atom. The van der Waals surface area contributed by atoms with Crippen molar-refractivity contribution in [2.45, 2.75) is 4.21 Å². The van der Waals surface area contributed by atoms with Crippen LogP contribution >= 0.6 is 27.3 Å². The summed E-state index contributed by atoms with van der Waals surface area (Å²) in [6.45, 7) is -0.367. The SMILES string of the molecule is COC(=O)CNS(=O)(=O)c1ccc(Br)s1. The Hall–Kier alpha value is -0.440. The second kappa shape index (κ2) is 5.06. The summed E-state index contributed by atoms with van der Waals surface area (Å²) in [6, 6.07) is 3.08. The molecule has 1 heterocycles. The molecule has 0 aliphatic heterocycles. The highest BCUT2D eigenvalue weighted by Gasteiger charge is 2.17. The summed E-state index contributed by atoms with van der Waals surface area (Å²) in [5, 5.41) is 0. The fraction of sp³-hybridized carbons (Fsp3) is 0.286. The summed E-state index contributed by atoms with van der Waals surface area (Å²) >= 11 is 4.22. The molecule has 0 saturated carbocycles. The molecule has 0 unspecified atom stereocenters. The fourth-order valence-corrected chi connectivity index (χ4v) is 3.76. The Bertz CT molecular complexity index is 453. The van der Waals surface area contributed by atoms with Gasteiger partial charge in [0, 0.05) is 0 Å². The standard InChI is InChI=1S/C7H8BrNO4S2/c1-13-6(10)4-9-15(11,12)7-3-2-5(8)14-7/h2-3,9H,4H2,1H3. The van der Waals surface area contributed by atoms with Crippen molar-refractivity contribution in [3.8, 4) is 0 Å². The van der Waals surface area contributed by atoms with Gasteiger partial charge in [-0.25, -0.2) is 8.42 Å². The summed E-state index contributed by atoms with van der Waals surface area (Å²) in [4.78, 5) is 10.7. The predicted octanol–water partition coefficient (Wildman–Crippen LogP) is 0.962. The predicted molar refractivity (Wildman–Crippen MR) is 59.2 cm³/mol. The molecule has 1 aromatic heterocycles.